The van der Waals surface area contributed by atoms with E-state index < -0.39 is 8.83 Å². The van der Waals surface area contributed by atoms with Crippen LogP contribution in [0.3, 0.4) is 0 Å². The van der Waals surface area contributed by atoms with Gasteiger partial charge in [0.2, 0.25) is 0 Å². The number of halogens is 1. The van der Waals surface area contributed by atoms with Crippen molar-refractivity contribution in [1.29, 1.82) is 0 Å². The Hall–Kier alpha value is -0.543. The van der Waals surface area contributed by atoms with Crippen molar-refractivity contribution in [2.45, 2.75) is 6.92 Å². The van der Waals surface area contributed by atoms with E-state index in [9.17, 15) is 4.79 Å². The highest BCUT2D eigenvalue weighted by Gasteiger charge is 1.99. The maximum Gasteiger partial charge on any atom is 0.333 e. The van der Waals surface area contributed by atoms with Crippen molar-refractivity contribution in [2.24, 2.45) is 0 Å². The Labute approximate surface area is 73.4 Å². The number of hydrogen-bond acceptors (Lipinski definition) is 2. The van der Waals surface area contributed by atoms with Gasteiger partial charge < -0.3 is 4.74 Å². The minimum atomic E-state index is -0.572. The summed E-state index contributed by atoms with van der Waals surface area (Å²) in [6.45, 7) is 5.35. The summed E-state index contributed by atoms with van der Waals surface area (Å²) in [6, 6.07) is 0. The molecule has 11 heavy (non-hydrogen) atoms. The molecule has 0 rings (SSSR count). The third-order valence-electron chi connectivity index (χ3n) is 0.915. The zero-order valence-electron chi connectivity index (χ0n) is 6.47. The SMILES string of the molecule is C=C(C)C(=O)OCC=C[SiH2]Cl. The second-order valence-corrected chi connectivity index (χ2v) is 3.71. The summed E-state index contributed by atoms with van der Waals surface area (Å²) in [6.07, 6.45) is 1.75. The predicted molar refractivity (Wildman–Crippen MR) is 49.3 cm³/mol. The van der Waals surface area contributed by atoms with Crippen molar-refractivity contribution >= 4 is 25.9 Å². The van der Waals surface area contributed by atoms with Crippen LogP contribution in [-0.2, 0) is 9.53 Å². The van der Waals surface area contributed by atoms with E-state index in [4.69, 9.17) is 15.8 Å². The van der Waals surface area contributed by atoms with Crippen molar-refractivity contribution < 1.29 is 9.53 Å². The maximum absolute atomic E-state index is 10.7. The van der Waals surface area contributed by atoms with E-state index in [0.29, 0.717) is 12.2 Å². The van der Waals surface area contributed by atoms with Crippen LogP contribution in [0.4, 0.5) is 0 Å². The first-order chi connectivity index (χ1) is 5.18. The quantitative estimate of drug-likeness (QED) is 0.286. The second-order valence-electron chi connectivity index (χ2n) is 2.00. The van der Waals surface area contributed by atoms with Gasteiger partial charge in [-0.1, -0.05) is 18.4 Å². The molecule has 0 aromatic rings. The van der Waals surface area contributed by atoms with Gasteiger partial charge in [-0.05, 0) is 6.92 Å². The van der Waals surface area contributed by atoms with Gasteiger partial charge in [0.05, 0.1) is 0 Å². The topological polar surface area (TPSA) is 26.3 Å². The summed E-state index contributed by atoms with van der Waals surface area (Å²) in [7, 11) is -0.572. The Morgan fingerprint density at radius 2 is 2.45 bits per heavy atom. The average Bonchev–Trinajstić information content (AvgIpc) is 1.97. The summed E-state index contributed by atoms with van der Waals surface area (Å²) < 4.78 is 4.74. The average molecular weight is 191 g/mol. The summed E-state index contributed by atoms with van der Waals surface area (Å²) in [5, 5.41) is 0. The Morgan fingerprint density at radius 1 is 1.82 bits per heavy atom. The first-order valence-corrected chi connectivity index (χ1v) is 6.17. The van der Waals surface area contributed by atoms with Gasteiger partial charge in [0, 0.05) is 5.57 Å². The van der Waals surface area contributed by atoms with Crippen LogP contribution in [0.2, 0.25) is 0 Å². The highest BCUT2D eigenvalue weighted by atomic mass is 35.6. The standard InChI is InChI=1S/C7H11ClO2Si/c1-6(2)7(9)10-4-3-5-11-8/h3,5H,1,4,11H2,2H3. The lowest BCUT2D eigenvalue weighted by molar-refractivity contribution is -0.137. The molecule has 0 heterocycles. The second kappa shape index (κ2) is 6.19. The Balaban J connectivity index is 3.47. The third-order valence-corrected chi connectivity index (χ3v) is 1.96. The van der Waals surface area contributed by atoms with Crippen LogP contribution in [0.1, 0.15) is 6.92 Å². The summed E-state index contributed by atoms with van der Waals surface area (Å²) in [5.74, 6) is -0.356. The third kappa shape index (κ3) is 5.88. The van der Waals surface area contributed by atoms with Crippen LogP contribution in [0.15, 0.2) is 23.9 Å². The van der Waals surface area contributed by atoms with E-state index in [0.717, 1.165) is 0 Å². The molecule has 0 saturated heterocycles. The zero-order valence-corrected chi connectivity index (χ0v) is 8.64. The molecule has 0 radical (unpaired) electrons. The molecule has 0 aromatic carbocycles. The smallest absolute Gasteiger partial charge is 0.333 e. The van der Waals surface area contributed by atoms with E-state index in [1.807, 2.05) is 5.70 Å². The lowest BCUT2D eigenvalue weighted by Crippen LogP contribution is -2.04. The van der Waals surface area contributed by atoms with Crippen LogP contribution in [0, 0.1) is 0 Å². The van der Waals surface area contributed by atoms with Crippen LogP contribution in [0.25, 0.3) is 0 Å². The lowest BCUT2D eigenvalue weighted by atomic mass is 10.4. The molecule has 2 nitrogen and oxygen atoms in total. The monoisotopic (exact) mass is 190 g/mol. The molecule has 0 aliphatic carbocycles. The van der Waals surface area contributed by atoms with Gasteiger partial charge in [-0.15, -0.1) is 0 Å². The van der Waals surface area contributed by atoms with E-state index >= 15 is 0 Å². The molecule has 0 fully saturated rings. The van der Waals surface area contributed by atoms with E-state index in [2.05, 4.69) is 6.58 Å². The Bertz CT molecular complexity index is 177. The van der Waals surface area contributed by atoms with Crippen molar-refractivity contribution in [3.63, 3.8) is 0 Å². The molecule has 0 unspecified atom stereocenters. The largest absolute Gasteiger partial charge is 0.458 e. The minimum Gasteiger partial charge on any atom is -0.458 e. The van der Waals surface area contributed by atoms with Gasteiger partial charge in [0.25, 0.3) is 0 Å². The molecule has 0 amide bonds. The van der Waals surface area contributed by atoms with Gasteiger partial charge >= 0.3 is 5.97 Å². The first-order valence-electron chi connectivity index (χ1n) is 3.22. The molecule has 0 aliphatic heterocycles. The Morgan fingerprint density at radius 3 is 2.91 bits per heavy atom. The van der Waals surface area contributed by atoms with Crippen molar-refractivity contribution in [1.82, 2.24) is 0 Å². The summed E-state index contributed by atoms with van der Waals surface area (Å²) >= 11 is 5.47. The van der Waals surface area contributed by atoms with E-state index in [-0.39, 0.29) is 5.97 Å². The lowest BCUT2D eigenvalue weighted by Gasteiger charge is -1.98. The molecular formula is C7H11ClO2Si. The van der Waals surface area contributed by atoms with Crippen LogP contribution in [0.5, 0.6) is 0 Å². The van der Waals surface area contributed by atoms with Crippen molar-refractivity contribution in [2.75, 3.05) is 6.61 Å². The van der Waals surface area contributed by atoms with Crippen molar-refractivity contribution in [3.8, 4) is 0 Å². The minimum absolute atomic E-state index is 0.297. The highest BCUT2D eigenvalue weighted by Crippen LogP contribution is 1.91. The van der Waals surface area contributed by atoms with Gasteiger partial charge in [-0.2, -0.15) is 11.1 Å². The van der Waals surface area contributed by atoms with E-state index in [1.165, 1.54) is 0 Å². The van der Waals surface area contributed by atoms with Crippen molar-refractivity contribution in [3.05, 3.63) is 23.9 Å². The number of rotatable bonds is 4. The maximum atomic E-state index is 10.7. The molecule has 0 atom stereocenters. The normalized spacial score (nSPS) is 11.1. The zero-order chi connectivity index (χ0) is 8.69. The highest BCUT2D eigenvalue weighted by molar-refractivity contribution is 6.96. The van der Waals surface area contributed by atoms with Gasteiger partial charge in [0.1, 0.15) is 15.4 Å². The number of esters is 1. The predicted octanol–water partition coefficient (Wildman–Crippen LogP) is 0.942. The van der Waals surface area contributed by atoms with Crippen LogP contribution >= 0.6 is 11.1 Å². The fourth-order valence-corrected chi connectivity index (χ4v) is 1.02. The first kappa shape index (κ1) is 10.5. The molecule has 0 N–H and O–H groups in total. The molecule has 0 spiro atoms. The summed E-state index contributed by atoms with van der Waals surface area (Å²) in [4.78, 5) is 10.7. The molecular weight excluding hydrogens is 180 g/mol. The van der Waals surface area contributed by atoms with Gasteiger partial charge in [-0.25, -0.2) is 4.79 Å². The van der Waals surface area contributed by atoms with Gasteiger partial charge in [-0.3, -0.25) is 0 Å². The number of carbonyl (C=O) groups is 1. The molecule has 62 valence electrons. The molecule has 0 aromatic heterocycles. The number of hydrogen-bond donors (Lipinski definition) is 0. The van der Waals surface area contributed by atoms with E-state index in [1.54, 1.807) is 13.0 Å². The van der Waals surface area contributed by atoms with Crippen LogP contribution in [-0.4, -0.2) is 21.4 Å². The van der Waals surface area contributed by atoms with Gasteiger partial charge in [0.15, 0.2) is 0 Å². The number of carbonyl (C=O) groups excluding carboxylic acids is 1. The van der Waals surface area contributed by atoms with Crippen LogP contribution < -0.4 is 0 Å². The molecule has 4 heteroatoms. The molecule has 0 bridgehead atoms. The molecule has 0 aliphatic rings. The molecule has 0 saturated carbocycles. The number of ether oxygens (including phenoxy) is 1. The fraction of sp³-hybridized carbons (Fsp3) is 0.286. The fourth-order valence-electron chi connectivity index (χ4n) is 0.378. The summed E-state index contributed by atoms with van der Waals surface area (Å²) in [5.41, 5.74) is 2.27. The Kier molecular flexibility index (Phi) is 5.88.